The quantitative estimate of drug-likeness (QED) is 0.704. The number of benzene rings is 1. The minimum absolute atomic E-state index is 0.167. The summed E-state index contributed by atoms with van der Waals surface area (Å²) in [7, 11) is -3.68. The predicted molar refractivity (Wildman–Crippen MR) is 113 cm³/mol. The molecule has 2 rings (SSSR count). The maximum atomic E-state index is 13.2. The van der Waals surface area contributed by atoms with E-state index in [1.54, 1.807) is 26.8 Å². The van der Waals surface area contributed by atoms with E-state index in [0.29, 0.717) is 31.1 Å². The summed E-state index contributed by atoms with van der Waals surface area (Å²) < 4.78 is 28.0. The van der Waals surface area contributed by atoms with E-state index in [-0.39, 0.29) is 16.4 Å². The Morgan fingerprint density at radius 3 is 2.41 bits per heavy atom. The number of nitrogens with zero attached hydrogens (tertiary/aromatic N) is 1. The van der Waals surface area contributed by atoms with Crippen molar-refractivity contribution in [2.24, 2.45) is 5.92 Å². The second-order valence-corrected chi connectivity index (χ2v) is 9.90. The Kier molecular flexibility index (Phi) is 7.82. The number of hydrogen-bond acceptors (Lipinski definition) is 4. The monoisotopic (exact) mass is 423 g/mol. The van der Waals surface area contributed by atoms with E-state index in [2.05, 4.69) is 17.6 Å². The number of hydrogen-bond donors (Lipinski definition) is 2. The van der Waals surface area contributed by atoms with Crippen molar-refractivity contribution in [3.8, 4) is 0 Å². The van der Waals surface area contributed by atoms with E-state index >= 15 is 0 Å². The molecule has 1 aliphatic rings. The molecule has 0 saturated carbocycles. The van der Waals surface area contributed by atoms with Gasteiger partial charge in [0.25, 0.3) is 5.91 Å². The van der Waals surface area contributed by atoms with E-state index in [1.165, 1.54) is 10.4 Å². The number of rotatable bonds is 7. The number of nitrogens with one attached hydrogen (secondary N) is 2. The van der Waals surface area contributed by atoms with Gasteiger partial charge in [-0.25, -0.2) is 8.42 Å². The first-order valence-corrected chi connectivity index (χ1v) is 11.7. The predicted octanol–water partition coefficient (Wildman–Crippen LogP) is 2.37. The largest absolute Gasteiger partial charge is 0.354 e. The number of aryl methyl sites for hydroxylation is 1. The molecule has 0 bridgehead atoms. The molecule has 0 radical (unpaired) electrons. The lowest BCUT2D eigenvalue weighted by Crippen LogP contribution is -2.45. The van der Waals surface area contributed by atoms with Crippen molar-refractivity contribution in [1.29, 1.82) is 0 Å². The highest BCUT2D eigenvalue weighted by Gasteiger charge is 2.30. The van der Waals surface area contributed by atoms with Gasteiger partial charge in [0.2, 0.25) is 15.9 Å². The van der Waals surface area contributed by atoms with Crippen LogP contribution in [0.5, 0.6) is 0 Å². The number of carbonyl (C=O) groups excluding carboxylic acids is 2. The van der Waals surface area contributed by atoms with E-state index in [1.807, 2.05) is 6.92 Å². The van der Waals surface area contributed by atoms with Gasteiger partial charge < -0.3 is 10.6 Å². The van der Waals surface area contributed by atoms with Crippen LogP contribution >= 0.6 is 0 Å². The molecule has 1 heterocycles. The van der Waals surface area contributed by atoms with Crippen LogP contribution < -0.4 is 10.6 Å². The SMILES string of the molecule is CCCNC(=O)[C@H](C)NC(=O)c1cc(C)c(C)c(S(=O)(=O)N2CCC(C)CC2)c1. The fraction of sp³-hybridized carbons (Fsp3) is 0.619. The zero-order valence-electron chi connectivity index (χ0n) is 18.0. The van der Waals surface area contributed by atoms with Crippen LogP contribution in [0.4, 0.5) is 0 Å². The third kappa shape index (κ3) is 5.57. The summed E-state index contributed by atoms with van der Waals surface area (Å²) in [5.74, 6) is -0.211. The van der Waals surface area contributed by atoms with Crippen molar-refractivity contribution in [3.63, 3.8) is 0 Å². The summed E-state index contributed by atoms with van der Waals surface area (Å²) >= 11 is 0. The molecule has 1 aliphatic heterocycles. The molecule has 29 heavy (non-hydrogen) atoms. The molecule has 1 fully saturated rings. The molecule has 7 nitrogen and oxygen atoms in total. The van der Waals surface area contributed by atoms with Gasteiger partial charge in [-0.3, -0.25) is 9.59 Å². The molecule has 1 saturated heterocycles. The van der Waals surface area contributed by atoms with Crippen LogP contribution in [0.15, 0.2) is 17.0 Å². The number of carbonyl (C=O) groups is 2. The van der Waals surface area contributed by atoms with E-state index in [9.17, 15) is 18.0 Å². The van der Waals surface area contributed by atoms with Crippen LogP contribution in [-0.4, -0.2) is 50.2 Å². The molecule has 1 aromatic rings. The summed E-state index contributed by atoms with van der Waals surface area (Å²) in [5, 5.41) is 5.39. The summed E-state index contributed by atoms with van der Waals surface area (Å²) in [5.41, 5.74) is 1.62. The third-order valence-corrected chi connectivity index (χ3v) is 7.56. The summed E-state index contributed by atoms with van der Waals surface area (Å²) in [6.07, 6.45) is 2.48. The molecule has 0 aromatic heterocycles. The Morgan fingerprint density at radius 2 is 1.83 bits per heavy atom. The van der Waals surface area contributed by atoms with Crippen molar-refractivity contribution in [3.05, 3.63) is 28.8 Å². The van der Waals surface area contributed by atoms with Gasteiger partial charge in [-0.15, -0.1) is 0 Å². The second kappa shape index (κ2) is 9.71. The molecule has 162 valence electrons. The zero-order valence-corrected chi connectivity index (χ0v) is 18.9. The second-order valence-electron chi connectivity index (χ2n) is 7.99. The van der Waals surface area contributed by atoms with Crippen molar-refractivity contribution < 1.29 is 18.0 Å². The standard InChI is InChI=1S/C21H33N3O4S/c1-6-9-22-20(25)17(5)23-21(26)18-12-15(3)16(4)19(13-18)29(27,28)24-10-7-14(2)8-11-24/h12-14,17H,6-11H2,1-5H3,(H,22,25)(H,23,26)/t17-/m0/s1. The van der Waals surface area contributed by atoms with Crippen LogP contribution in [0.3, 0.4) is 0 Å². The van der Waals surface area contributed by atoms with Gasteiger partial charge in [0.1, 0.15) is 6.04 Å². The summed E-state index contributed by atoms with van der Waals surface area (Å²) in [6.45, 7) is 10.8. The number of sulfonamides is 1. The van der Waals surface area contributed by atoms with Crippen LogP contribution in [0.2, 0.25) is 0 Å². The minimum atomic E-state index is -3.68. The van der Waals surface area contributed by atoms with E-state index < -0.39 is 22.0 Å². The van der Waals surface area contributed by atoms with E-state index in [4.69, 9.17) is 0 Å². The highest BCUT2D eigenvalue weighted by Crippen LogP contribution is 2.28. The fourth-order valence-corrected chi connectivity index (χ4v) is 5.13. The smallest absolute Gasteiger partial charge is 0.251 e. The Labute approximate surface area is 174 Å². The van der Waals surface area contributed by atoms with Gasteiger partial charge in [0.15, 0.2) is 0 Å². The lowest BCUT2D eigenvalue weighted by atomic mass is 10.0. The highest BCUT2D eigenvalue weighted by atomic mass is 32.2. The summed E-state index contributed by atoms with van der Waals surface area (Å²) in [6, 6.07) is 2.39. The molecule has 2 N–H and O–H groups in total. The van der Waals surface area contributed by atoms with Crippen molar-refractivity contribution in [2.45, 2.75) is 64.8 Å². The molecule has 0 unspecified atom stereocenters. The Morgan fingerprint density at radius 1 is 1.21 bits per heavy atom. The Balaban J connectivity index is 2.26. The molecule has 1 aromatic carbocycles. The van der Waals surface area contributed by atoms with Crippen molar-refractivity contribution in [2.75, 3.05) is 19.6 Å². The lowest BCUT2D eigenvalue weighted by Gasteiger charge is -2.30. The Hall–Kier alpha value is -1.93. The molecular formula is C21H33N3O4S. The average Bonchev–Trinajstić information content (AvgIpc) is 2.67. The van der Waals surface area contributed by atoms with Gasteiger partial charge >= 0.3 is 0 Å². The Bertz CT molecular complexity index is 859. The maximum absolute atomic E-state index is 13.2. The van der Waals surface area contributed by atoms with Crippen LogP contribution in [0.1, 0.15) is 61.5 Å². The van der Waals surface area contributed by atoms with Crippen LogP contribution in [-0.2, 0) is 14.8 Å². The lowest BCUT2D eigenvalue weighted by molar-refractivity contribution is -0.122. The van der Waals surface area contributed by atoms with Crippen LogP contribution in [0.25, 0.3) is 0 Å². The topological polar surface area (TPSA) is 95.6 Å². The summed E-state index contributed by atoms with van der Waals surface area (Å²) in [4.78, 5) is 24.9. The van der Waals surface area contributed by atoms with Gasteiger partial charge in [-0.1, -0.05) is 13.8 Å². The van der Waals surface area contributed by atoms with Gasteiger partial charge in [0.05, 0.1) is 4.90 Å². The molecule has 8 heteroatoms. The van der Waals surface area contributed by atoms with Gasteiger partial charge in [-0.2, -0.15) is 4.31 Å². The first-order valence-electron chi connectivity index (χ1n) is 10.3. The first-order chi connectivity index (χ1) is 13.6. The van der Waals surface area contributed by atoms with Crippen molar-refractivity contribution in [1.82, 2.24) is 14.9 Å². The molecule has 0 aliphatic carbocycles. The van der Waals surface area contributed by atoms with Gasteiger partial charge in [-0.05, 0) is 69.2 Å². The van der Waals surface area contributed by atoms with Crippen LogP contribution in [0, 0.1) is 19.8 Å². The minimum Gasteiger partial charge on any atom is -0.354 e. The molecule has 1 atom stereocenters. The zero-order chi connectivity index (χ0) is 21.8. The molecule has 2 amide bonds. The average molecular weight is 424 g/mol. The van der Waals surface area contributed by atoms with Gasteiger partial charge in [0, 0.05) is 25.2 Å². The molecule has 0 spiro atoms. The van der Waals surface area contributed by atoms with Crippen molar-refractivity contribution >= 4 is 21.8 Å². The molecular weight excluding hydrogens is 390 g/mol. The number of amides is 2. The van der Waals surface area contributed by atoms with E-state index in [0.717, 1.165) is 24.8 Å². The third-order valence-electron chi connectivity index (χ3n) is 5.53. The normalized spacial score (nSPS) is 17.0. The maximum Gasteiger partial charge on any atom is 0.251 e. The first kappa shape index (κ1) is 23.3. The fourth-order valence-electron chi connectivity index (χ4n) is 3.34. The number of piperidine rings is 1. The highest BCUT2D eigenvalue weighted by molar-refractivity contribution is 7.89.